The Morgan fingerprint density at radius 1 is 1.12 bits per heavy atom. The molecule has 0 bridgehead atoms. The van der Waals surface area contributed by atoms with Gasteiger partial charge < -0.3 is 5.11 Å². The lowest BCUT2D eigenvalue weighted by molar-refractivity contribution is 0.269. The molecular weight excluding hydrogens is 314 g/mol. The van der Waals surface area contributed by atoms with Crippen LogP contribution >= 0.6 is 0 Å². The summed E-state index contributed by atoms with van der Waals surface area (Å²) >= 11 is 0. The molecule has 1 N–H and O–H groups in total. The van der Waals surface area contributed by atoms with E-state index in [0.717, 1.165) is 36.6 Å². The molecule has 1 aromatic carbocycles. The van der Waals surface area contributed by atoms with Gasteiger partial charge in [-0.05, 0) is 18.4 Å². The van der Waals surface area contributed by atoms with Gasteiger partial charge in [-0.25, -0.2) is 9.67 Å². The predicted octanol–water partition coefficient (Wildman–Crippen LogP) is 2.84. The van der Waals surface area contributed by atoms with Gasteiger partial charge in [-0.3, -0.25) is 4.68 Å². The highest BCUT2D eigenvalue weighted by Crippen LogP contribution is 2.33. The van der Waals surface area contributed by atoms with Gasteiger partial charge in [0.15, 0.2) is 11.6 Å². The quantitative estimate of drug-likeness (QED) is 0.751. The van der Waals surface area contributed by atoms with Crippen molar-refractivity contribution in [3.05, 3.63) is 54.1 Å². The fourth-order valence-corrected chi connectivity index (χ4v) is 3.52. The van der Waals surface area contributed by atoms with Crippen LogP contribution in [0.1, 0.15) is 43.0 Å². The summed E-state index contributed by atoms with van der Waals surface area (Å²) in [7, 11) is 0. The number of aromatic nitrogens is 5. The molecule has 0 aliphatic heterocycles. The third-order valence-electron chi connectivity index (χ3n) is 4.80. The van der Waals surface area contributed by atoms with E-state index in [-0.39, 0.29) is 6.61 Å². The summed E-state index contributed by atoms with van der Waals surface area (Å²) in [6.45, 7) is 1.24. The van der Waals surface area contributed by atoms with E-state index in [9.17, 15) is 5.11 Å². The van der Waals surface area contributed by atoms with Crippen LogP contribution in [-0.2, 0) is 13.1 Å². The number of aliphatic hydroxyl groups is 1. The first kappa shape index (κ1) is 16.0. The number of benzene rings is 1. The minimum absolute atomic E-state index is 0.0542. The normalized spacial score (nSPS) is 15.1. The Morgan fingerprint density at radius 2 is 1.92 bits per heavy atom. The summed E-state index contributed by atoms with van der Waals surface area (Å²) < 4.78 is 3.73. The Bertz CT molecular complexity index is 817. The fourth-order valence-electron chi connectivity index (χ4n) is 3.52. The molecular formula is C19H23N5O. The number of nitrogens with zero attached hydrogens (tertiary/aromatic N) is 5. The van der Waals surface area contributed by atoms with Crippen molar-refractivity contribution < 1.29 is 5.11 Å². The van der Waals surface area contributed by atoms with Crippen LogP contribution < -0.4 is 0 Å². The van der Waals surface area contributed by atoms with E-state index in [1.54, 1.807) is 0 Å². The zero-order valence-corrected chi connectivity index (χ0v) is 14.3. The lowest BCUT2D eigenvalue weighted by atomic mass is 10.1. The fraction of sp³-hybridized carbons (Fsp3) is 0.421. The molecule has 2 aromatic heterocycles. The van der Waals surface area contributed by atoms with Crippen molar-refractivity contribution in [2.24, 2.45) is 0 Å². The number of rotatable bonds is 6. The van der Waals surface area contributed by atoms with E-state index < -0.39 is 0 Å². The van der Waals surface area contributed by atoms with Gasteiger partial charge >= 0.3 is 0 Å². The zero-order chi connectivity index (χ0) is 17.1. The smallest absolute Gasteiger partial charge is 0.161 e. The van der Waals surface area contributed by atoms with E-state index >= 15 is 0 Å². The molecule has 0 saturated heterocycles. The number of hydrogen-bond donors (Lipinski definition) is 1. The second-order valence-corrected chi connectivity index (χ2v) is 6.63. The van der Waals surface area contributed by atoms with Gasteiger partial charge in [-0.2, -0.15) is 10.2 Å². The van der Waals surface area contributed by atoms with Crippen molar-refractivity contribution in [2.45, 2.75) is 44.7 Å². The molecule has 1 saturated carbocycles. The average molecular weight is 337 g/mol. The summed E-state index contributed by atoms with van der Waals surface area (Å²) in [5.74, 6) is 2.17. The zero-order valence-electron chi connectivity index (χ0n) is 14.3. The molecule has 0 radical (unpaired) electrons. The molecule has 2 heterocycles. The van der Waals surface area contributed by atoms with Crippen LogP contribution in [0.5, 0.6) is 0 Å². The molecule has 6 nitrogen and oxygen atoms in total. The molecule has 0 atom stereocenters. The summed E-state index contributed by atoms with van der Waals surface area (Å²) in [5, 5.41) is 18.5. The molecule has 3 aromatic rings. The summed E-state index contributed by atoms with van der Waals surface area (Å²) in [5.41, 5.74) is 2.15. The van der Waals surface area contributed by atoms with Crippen molar-refractivity contribution in [2.75, 3.05) is 6.61 Å². The van der Waals surface area contributed by atoms with Crippen molar-refractivity contribution in [1.29, 1.82) is 0 Å². The highest BCUT2D eigenvalue weighted by molar-refractivity contribution is 5.52. The van der Waals surface area contributed by atoms with Gasteiger partial charge in [0.1, 0.15) is 0 Å². The van der Waals surface area contributed by atoms with E-state index in [1.165, 1.54) is 18.4 Å². The van der Waals surface area contributed by atoms with Crippen LogP contribution in [0.3, 0.4) is 0 Å². The highest BCUT2D eigenvalue weighted by Gasteiger charge is 2.23. The van der Waals surface area contributed by atoms with E-state index in [0.29, 0.717) is 12.5 Å². The molecule has 1 aliphatic carbocycles. The van der Waals surface area contributed by atoms with Crippen LogP contribution in [0, 0.1) is 0 Å². The van der Waals surface area contributed by atoms with Crippen LogP contribution in [-0.4, -0.2) is 36.3 Å². The molecule has 0 spiro atoms. The Balaban J connectivity index is 1.60. The van der Waals surface area contributed by atoms with Crippen LogP contribution in [0.4, 0.5) is 0 Å². The lowest BCUT2D eigenvalue weighted by Gasteiger charge is -2.02. The predicted molar refractivity (Wildman–Crippen MR) is 95.1 cm³/mol. The maximum atomic E-state index is 9.36. The summed E-state index contributed by atoms with van der Waals surface area (Å²) in [6.07, 6.45) is 8.67. The van der Waals surface area contributed by atoms with Gasteiger partial charge in [-0.1, -0.05) is 43.2 Å². The maximum Gasteiger partial charge on any atom is 0.161 e. The largest absolute Gasteiger partial charge is 0.394 e. The lowest BCUT2D eigenvalue weighted by Crippen LogP contribution is -2.06. The first-order chi connectivity index (χ1) is 12.3. The molecule has 6 heteroatoms. The second kappa shape index (κ2) is 7.19. The van der Waals surface area contributed by atoms with Crippen LogP contribution in [0.2, 0.25) is 0 Å². The standard InChI is InChI=1S/C19H23N5O/c25-11-10-24-19(21-18(22-24)16-8-4-5-9-16)17-12-20-23(14-17)13-15-6-2-1-3-7-15/h1-3,6-7,12,14,16,25H,4-5,8-11,13H2. The molecule has 0 unspecified atom stereocenters. The van der Waals surface area contributed by atoms with Crippen molar-refractivity contribution in [3.8, 4) is 11.4 Å². The van der Waals surface area contributed by atoms with Crippen molar-refractivity contribution in [3.63, 3.8) is 0 Å². The molecule has 1 fully saturated rings. The number of aliphatic hydroxyl groups excluding tert-OH is 1. The van der Waals surface area contributed by atoms with Gasteiger partial charge in [0.05, 0.1) is 31.5 Å². The minimum atomic E-state index is 0.0542. The summed E-state index contributed by atoms with van der Waals surface area (Å²) in [4.78, 5) is 4.79. The Morgan fingerprint density at radius 3 is 2.68 bits per heavy atom. The summed E-state index contributed by atoms with van der Waals surface area (Å²) in [6, 6.07) is 10.3. The van der Waals surface area contributed by atoms with Gasteiger partial charge in [0, 0.05) is 12.1 Å². The molecule has 25 heavy (non-hydrogen) atoms. The molecule has 0 amide bonds. The van der Waals surface area contributed by atoms with Gasteiger partial charge in [-0.15, -0.1) is 0 Å². The SMILES string of the molecule is OCCn1nc(C2CCCC2)nc1-c1cnn(Cc2ccccc2)c1. The van der Waals surface area contributed by atoms with E-state index in [4.69, 9.17) is 4.98 Å². The minimum Gasteiger partial charge on any atom is -0.394 e. The third kappa shape index (κ3) is 3.49. The van der Waals surface area contributed by atoms with Gasteiger partial charge in [0.2, 0.25) is 0 Å². The topological polar surface area (TPSA) is 68.8 Å². The Labute approximate surface area is 147 Å². The second-order valence-electron chi connectivity index (χ2n) is 6.63. The third-order valence-corrected chi connectivity index (χ3v) is 4.80. The van der Waals surface area contributed by atoms with Crippen molar-refractivity contribution >= 4 is 0 Å². The van der Waals surface area contributed by atoms with Crippen LogP contribution in [0.15, 0.2) is 42.7 Å². The van der Waals surface area contributed by atoms with Gasteiger partial charge in [0.25, 0.3) is 0 Å². The monoisotopic (exact) mass is 337 g/mol. The average Bonchev–Trinajstić information content (AvgIpc) is 3.36. The van der Waals surface area contributed by atoms with E-state index in [2.05, 4.69) is 22.3 Å². The molecule has 130 valence electrons. The first-order valence-electron chi connectivity index (χ1n) is 8.96. The molecule has 1 aliphatic rings. The Kier molecular flexibility index (Phi) is 4.61. The van der Waals surface area contributed by atoms with Crippen molar-refractivity contribution in [1.82, 2.24) is 24.5 Å². The highest BCUT2D eigenvalue weighted by atomic mass is 16.3. The maximum absolute atomic E-state index is 9.36. The Hall–Kier alpha value is -2.47. The molecule has 4 rings (SSSR count). The number of hydrogen-bond acceptors (Lipinski definition) is 4. The van der Waals surface area contributed by atoms with Crippen LogP contribution in [0.25, 0.3) is 11.4 Å². The van der Waals surface area contributed by atoms with E-state index in [1.807, 2.05) is 40.0 Å². The first-order valence-corrected chi connectivity index (χ1v) is 8.96.